The predicted molar refractivity (Wildman–Crippen MR) is 36.2 cm³/mol. The first kappa shape index (κ1) is 13.8. The Morgan fingerprint density at radius 1 is 1.36 bits per heavy atom. The molecule has 0 spiro atoms. The minimum Gasteiger partial charge on any atom is -0.393 e. The van der Waals surface area contributed by atoms with Crippen LogP contribution in [0.4, 0.5) is 0 Å². The van der Waals surface area contributed by atoms with E-state index < -0.39 is 11.9 Å². The number of carbonyl (C=O) groups excluding carboxylic acids is 2. The molecule has 0 fully saturated rings. The second kappa shape index (κ2) is 6.87. The van der Waals surface area contributed by atoms with E-state index in [9.17, 15) is 9.59 Å². The molecule has 0 N–H and O–H groups in total. The van der Waals surface area contributed by atoms with Gasteiger partial charge in [0, 0.05) is 44.5 Å². The summed E-state index contributed by atoms with van der Waals surface area (Å²) in [5.74, 6) is -0.736. The van der Waals surface area contributed by atoms with Crippen LogP contribution in [-0.2, 0) is 14.3 Å². The summed E-state index contributed by atoms with van der Waals surface area (Å²) < 4.78 is 4.28. The number of rotatable bonds is 2. The molecular formula is C7H12O3U. The fourth-order valence-corrected chi connectivity index (χ4v) is 0.535. The zero-order valence-electron chi connectivity index (χ0n) is 7.01. The second-order valence-electron chi connectivity index (χ2n) is 2.56. The first-order chi connectivity index (χ1) is 4.52. The average Bonchev–Trinajstić information content (AvgIpc) is 1.58. The molecule has 4 heteroatoms. The summed E-state index contributed by atoms with van der Waals surface area (Å²) in [7, 11) is 0. The molecule has 0 aliphatic rings. The van der Waals surface area contributed by atoms with Crippen molar-refractivity contribution in [1.82, 2.24) is 0 Å². The normalized spacial score (nSPS) is 8.73. The Kier molecular flexibility index (Phi) is 8.60. The van der Waals surface area contributed by atoms with Crippen molar-refractivity contribution < 1.29 is 45.4 Å². The Morgan fingerprint density at radius 2 is 1.82 bits per heavy atom. The summed E-state index contributed by atoms with van der Waals surface area (Å²) in [6.45, 7) is 5.00. The summed E-state index contributed by atoms with van der Waals surface area (Å²) in [6, 6.07) is 0. The van der Waals surface area contributed by atoms with Crippen LogP contribution >= 0.6 is 0 Å². The first-order valence-electron chi connectivity index (χ1n) is 3.23. The Balaban J connectivity index is 0. The van der Waals surface area contributed by atoms with Gasteiger partial charge in [-0.25, -0.2) is 0 Å². The number of hydrogen-bond acceptors (Lipinski definition) is 3. The maximum atomic E-state index is 10.6. The van der Waals surface area contributed by atoms with E-state index in [0.717, 1.165) is 0 Å². The summed E-state index contributed by atoms with van der Waals surface area (Å²) in [5, 5.41) is 0. The largest absolute Gasteiger partial charge is 0.393 e. The van der Waals surface area contributed by atoms with Crippen molar-refractivity contribution in [2.45, 2.75) is 27.2 Å². The molecule has 62 valence electrons. The van der Waals surface area contributed by atoms with E-state index in [0.29, 0.717) is 6.42 Å². The van der Waals surface area contributed by atoms with Crippen LogP contribution in [0.3, 0.4) is 0 Å². The quantitative estimate of drug-likeness (QED) is 0.531. The fraction of sp³-hybridized carbons (Fsp3) is 0.714. The van der Waals surface area contributed by atoms with Gasteiger partial charge in [-0.15, -0.1) is 0 Å². The van der Waals surface area contributed by atoms with Gasteiger partial charge in [0.05, 0.1) is 0 Å². The van der Waals surface area contributed by atoms with E-state index in [1.54, 1.807) is 0 Å². The van der Waals surface area contributed by atoms with Gasteiger partial charge in [-0.1, -0.05) is 13.8 Å². The zero-order valence-corrected chi connectivity index (χ0v) is 11.2. The minimum absolute atomic E-state index is 0. The van der Waals surface area contributed by atoms with Crippen LogP contribution in [0.5, 0.6) is 0 Å². The summed E-state index contributed by atoms with van der Waals surface area (Å²) in [6.07, 6.45) is 0.305. The van der Waals surface area contributed by atoms with E-state index in [2.05, 4.69) is 4.74 Å². The van der Waals surface area contributed by atoms with Crippen molar-refractivity contribution in [2.75, 3.05) is 0 Å². The molecule has 0 atom stereocenters. The van der Waals surface area contributed by atoms with Gasteiger partial charge in [-0.05, 0) is 5.92 Å². The van der Waals surface area contributed by atoms with E-state index in [1.807, 2.05) is 13.8 Å². The van der Waals surface area contributed by atoms with Crippen LogP contribution in [0.25, 0.3) is 0 Å². The zero-order chi connectivity index (χ0) is 8.15. The molecule has 0 unspecified atom stereocenters. The van der Waals surface area contributed by atoms with Crippen LogP contribution in [0.1, 0.15) is 27.2 Å². The molecule has 0 saturated heterocycles. The minimum atomic E-state index is -0.536. The number of ether oxygens (including phenoxy) is 1. The molecule has 0 heterocycles. The van der Waals surface area contributed by atoms with Crippen LogP contribution in [0.2, 0.25) is 0 Å². The SMILES string of the molecule is CC(=O)OC(=O)CC(C)C.[U]. The smallest absolute Gasteiger partial charge is 0.313 e. The molecule has 0 radical (unpaired) electrons. The molecule has 0 aromatic carbocycles. The molecule has 0 saturated carbocycles. The monoisotopic (exact) mass is 382 g/mol. The maximum absolute atomic E-state index is 10.6. The predicted octanol–water partition coefficient (Wildman–Crippen LogP) is 1.12. The van der Waals surface area contributed by atoms with Gasteiger partial charge in [0.2, 0.25) is 0 Å². The Labute approximate surface area is 90.2 Å². The van der Waals surface area contributed by atoms with Crippen molar-refractivity contribution in [3.63, 3.8) is 0 Å². The average molecular weight is 382 g/mol. The number of carbonyl (C=O) groups is 2. The van der Waals surface area contributed by atoms with Crippen molar-refractivity contribution >= 4 is 11.9 Å². The summed E-state index contributed by atoms with van der Waals surface area (Å²) in [5.41, 5.74) is 0. The molecule has 0 bridgehead atoms. The third-order valence-electron chi connectivity index (χ3n) is 0.832. The van der Waals surface area contributed by atoms with Gasteiger partial charge in [0.25, 0.3) is 0 Å². The van der Waals surface area contributed by atoms with Crippen LogP contribution in [0, 0.1) is 37.0 Å². The van der Waals surface area contributed by atoms with Crippen LogP contribution < -0.4 is 0 Å². The van der Waals surface area contributed by atoms with Gasteiger partial charge in [0.15, 0.2) is 0 Å². The van der Waals surface area contributed by atoms with Crippen molar-refractivity contribution in [3.8, 4) is 0 Å². The molecule has 3 nitrogen and oxygen atoms in total. The van der Waals surface area contributed by atoms with Gasteiger partial charge in [-0.3, -0.25) is 9.59 Å². The third kappa shape index (κ3) is 10.2. The van der Waals surface area contributed by atoms with Gasteiger partial charge >= 0.3 is 11.9 Å². The van der Waals surface area contributed by atoms with E-state index in [1.165, 1.54) is 6.92 Å². The molecule has 0 aliphatic heterocycles. The molecular weight excluding hydrogens is 370 g/mol. The van der Waals surface area contributed by atoms with E-state index in [4.69, 9.17) is 0 Å². The van der Waals surface area contributed by atoms with Crippen LogP contribution in [0.15, 0.2) is 0 Å². The van der Waals surface area contributed by atoms with E-state index in [-0.39, 0.29) is 37.0 Å². The maximum Gasteiger partial charge on any atom is 0.313 e. The van der Waals surface area contributed by atoms with Crippen molar-refractivity contribution in [2.24, 2.45) is 5.92 Å². The fourth-order valence-electron chi connectivity index (χ4n) is 0.535. The van der Waals surface area contributed by atoms with Crippen molar-refractivity contribution in [1.29, 1.82) is 0 Å². The molecule has 0 rings (SSSR count). The first-order valence-corrected chi connectivity index (χ1v) is 3.23. The Hall–Kier alpha value is 0.192. The van der Waals surface area contributed by atoms with Gasteiger partial charge in [0.1, 0.15) is 0 Å². The molecule has 0 aliphatic carbocycles. The summed E-state index contributed by atoms with van der Waals surface area (Å²) in [4.78, 5) is 20.8. The van der Waals surface area contributed by atoms with Crippen molar-refractivity contribution in [3.05, 3.63) is 0 Å². The van der Waals surface area contributed by atoms with Gasteiger partial charge < -0.3 is 4.74 Å². The summed E-state index contributed by atoms with van der Waals surface area (Å²) >= 11 is 0. The second-order valence-corrected chi connectivity index (χ2v) is 2.56. The number of esters is 2. The van der Waals surface area contributed by atoms with Gasteiger partial charge in [-0.2, -0.15) is 0 Å². The standard InChI is InChI=1S/C7H12O3.U/c1-5(2)4-7(9)10-6(3)8;/h5H,4H2,1-3H3;. The van der Waals surface area contributed by atoms with E-state index >= 15 is 0 Å². The third-order valence-corrected chi connectivity index (χ3v) is 0.832. The Morgan fingerprint density at radius 3 is 2.09 bits per heavy atom. The molecule has 0 aromatic heterocycles. The number of hydrogen-bond donors (Lipinski definition) is 0. The molecule has 0 amide bonds. The van der Waals surface area contributed by atoms with Crippen LogP contribution in [-0.4, -0.2) is 11.9 Å². The Bertz CT molecular complexity index is 143. The molecule has 0 aromatic rings. The topological polar surface area (TPSA) is 43.4 Å². The molecule has 11 heavy (non-hydrogen) atoms.